The average molecular weight is 465 g/mol. The van der Waals surface area contributed by atoms with Crippen LogP contribution in [0.1, 0.15) is 15.4 Å². The van der Waals surface area contributed by atoms with Gasteiger partial charge in [-0.25, -0.2) is 13.4 Å². The van der Waals surface area contributed by atoms with Crippen molar-refractivity contribution in [3.63, 3.8) is 0 Å². The Morgan fingerprint density at radius 1 is 1.03 bits per heavy atom. The molecule has 0 spiro atoms. The fourth-order valence-corrected chi connectivity index (χ4v) is 5.02. The lowest BCUT2D eigenvalue weighted by Gasteiger charge is -2.19. The van der Waals surface area contributed by atoms with Gasteiger partial charge in [-0.2, -0.15) is 0 Å². The van der Waals surface area contributed by atoms with Crippen molar-refractivity contribution in [3.8, 4) is 11.3 Å². The molecule has 0 aliphatic heterocycles. The van der Waals surface area contributed by atoms with E-state index in [-0.39, 0.29) is 22.9 Å². The molecule has 162 valence electrons. The third-order valence-electron chi connectivity index (χ3n) is 4.80. The van der Waals surface area contributed by atoms with E-state index in [0.29, 0.717) is 5.69 Å². The Morgan fingerprint density at radius 3 is 2.53 bits per heavy atom. The van der Waals surface area contributed by atoms with E-state index in [2.05, 4.69) is 15.3 Å². The number of nitrogens with zero attached hydrogens (tertiary/aromatic N) is 3. The Hall–Kier alpha value is -3.56. The van der Waals surface area contributed by atoms with Gasteiger partial charge in [-0.1, -0.05) is 24.3 Å². The van der Waals surface area contributed by atoms with Crippen LogP contribution in [0.25, 0.3) is 11.3 Å². The fraction of sp³-hybridized carbons (Fsp3) is 0.0870. The van der Waals surface area contributed by atoms with Crippen molar-refractivity contribution in [2.75, 3.05) is 11.4 Å². The predicted molar refractivity (Wildman–Crippen MR) is 125 cm³/mol. The first-order chi connectivity index (χ1) is 15.4. The minimum atomic E-state index is -3.80. The maximum absolute atomic E-state index is 13.0. The topological polar surface area (TPSA) is 92.3 Å². The lowest BCUT2D eigenvalue weighted by molar-refractivity contribution is 0.0950. The van der Waals surface area contributed by atoms with Crippen LogP contribution in [-0.4, -0.2) is 31.3 Å². The van der Waals surface area contributed by atoms with Crippen LogP contribution < -0.4 is 9.62 Å². The minimum absolute atomic E-state index is 0.0470. The van der Waals surface area contributed by atoms with Crippen LogP contribution in [0.15, 0.2) is 89.4 Å². The number of benzene rings is 2. The molecule has 2 aromatic carbocycles. The largest absolute Gasteiger partial charge is 0.346 e. The zero-order valence-electron chi connectivity index (χ0n) is 17.2. The van der Waals surface area contributed by atoms with Gasteiger partial charge in [-0.15, -0.1) is 11.3 Å². The molecule has 7 nitrogen and oxygen atoms in total. The molecule has 0 saturated heterocycles. The summed E-state index contributed by atoms with van der Waals surface area (Å²) in [6, 6.07) is 18.5. The van der Waals surface area contributed by atoms with Crippen LogP contribution in [0.5, 0.6) is 0 Å². The van der Waals surface area contributed by atoms with Crippen molar-refractivity contribution in [3.05, 3.63) is 95.1 Å². The lowest BCUT2D eigenvalue weighted by Crippen LogP contribution is -2.27. The summed E-state index contributed by atoms with van der Waals surface area (Å²) in [6.45, 7) is 0.246. The van der Waals surface area contributed by atoms with Gasteiger partial charge in [0.25, 0.3) is 15.9 Å². The molecule has 32 heavy (non-hydrogen) atoms. The van der Waals surface area contributed by atoms with E-state index >= 15 is 0 Å². The first-order valence-corrected chi connectivity index (χ1v) is 12.0. The van der Waals surface area contributed by atoms with Crippen LogP contribution in [0.2, 0.25) is 0 Å². The summed E-state index contributed by atoms with van der Waals surface area (Å²) in [7, 11) is -2.32. The number of nitrogens with one attached hydrogen (secondary N) is 1. The van der Waals surface area contributed by atoms with E-state index in [9.17, 15) is 13.2 Å². The van der Waals surface area contributed by atoms with Crippen molar-refractivity contribution in [2.45, 2.75) is 11.4 Å². The van der Waals surface area contributed by atoms with Gasteiger partial charge in [-0.05, 0) is 42.5 Å². The number of carbonyl (C=O) groups excluding carboxylic acids is 1. The number of hydrogen-bond donors (Lipinski definition) is 1. The molecular formula is C23H20N4O3S2. The van der Waals surface area contributed by atoms with E-state index in [1.165, 1.54) is 34.8 Å². The highest BCUT2D eigenvalue weighted by molar-refractivity contribution is 7.92. The van der Waals surface area contributed by atoms with Gasteiger partial charge < -0.3 is 5.32 Å². The highest BCUT2D eigenvalue weighted by atomic mass is 32.2. The standard InChI is InChI=1S/C23H20N4O3S2/c1-27(19-7-3-2-4-8-19)32(29,30)20-9-5-6-18(14-20)23(28)25-15-22-26-21(16-31-22)17-10-12-24-13-11-17/h2-14,16H,15H2,1H3,(H,25,28). The summed E-state index contributed by atoms with van der Waals surface area (Å²) in [6.07, 6.45) is 3.40. The number of amides is 1. The molecule has 0 aliphatic rings. The van der Waals surface area contributed by atoms with Crippen LogP contribution in [0, 0.1) is 0 Å². The number of sulfonamides is 1. The summed E-state index contributed by atoms with van der Waals surface area (Å²) in [5, 5.41) is 5.48. The second-order valence-corrected chi connectivity index (χ2v) is 9.79. The maximum Gasteiger partial charge on any atom is 0.264 e. The van der Waals surface area contributed by atoms with E-state index in [1.54, 1.807) is 48.8 Å². The maximum atomic E-state index is 13.0. The number of pyridine rings is 1. The van der Waals surface area contributed by atoms with Crippen molar-refractivity contribution in [1.29, 1.82) is 0 Å². The van der Waals surface area contributed by atoms with Gasteiger partial charge in [0.05, 0.1) is 22.8 Å². The van der Waals surface area contributed by atoms with Crippen molar-refractivity contribution >= 4 is 33.0 Å². The smallest absolute Gasteiger partial charge is 0.264 e. The molecule has 4 aromatic rings. The van der Waals surface area contributed by atoms with Gasteiger partial charge >= 0.3 is 0 Å². The second-order valence-electron chi connectivity index (χ2n) is 6.88. The fourth-order valence-electron chi connectivity index (χ4n) is 3.04. The van der Waals surface area contributed by atoms with Gasteiger partial charge in [0.1, 0.15) is 5.01 Å². The number of para-hydroxylation sites is 1. The molecule has 0 aliphatic carbocycles. The van der Waals surface area contributed by atoms with E-state index in [0.717, 1.165) is 16.3 Å². The number of hydrogen-bond acceptors (Lipinski definition) is 6. The van der Waals surface area contributed by atoms with Gasteiger partial charge in [0, 0.05) is 35.9 Å². The molecule has 0 bridgehead atoms. The number of anilines is 1. The zero-order valence-corrected chi connectivity index (χ0v) is 18.8. The molecular weight excluding hydrogens is 444 g/mol. The van der Waals surface area contributed by atoms with E-state index < -0.39 is 10.0 Å². The van der Waals surface area contributed by atoms with E-state index in [4.69, 9.17) is 0 Å². The van der Waals surface area contributed by atoms with Gasteiger partial charge in [0.2, 0.25) is 0 Å². The quantitative estimate of drug-likeness (QED) is 0.447. The van der Waals surface area contributed by atoms with Gasteiger partial charge in [-0.3, -0.25) is 14.1 Å². The SMILES string of the molecule is CN(c1ccccc1)S(=O)(=O)c1cccc(C(=O)NCc2nc(-c3ccncc3)cs2)c1. The van der Waals surface area contributed by atoms with E-state index in [1.807, 2.05) is 23.6 Å². The minimum Gasteiger partial charge on any atom is -0.346 e. The second kappa shape index (κ2) is 9.29. The Balaban J connectivity index is 1.46. The predicted octanol–water partition coefficient (Wildman–Crippen LogP) is 3.96. The average Bonchev–Trinajstić information content (AvgIpc) is 3.32. The summed E-state index contributed by atoms with van der Waals surface area (Å²) < 4.78 is 27.2. The van der Waals surface area contributed by atoms with Crippen LogP contribution >= 0.6 is 11.3 Å². The van der Waals surface area contributed by atoms with Crippen LogP contribution in [0.4, 0.5) is 5.69 Å². The van der Waals surface area contributed by atoms with Crippen molar-refractivity contribution < 1.29 is 13.2 Å². The molecule has 1 amide bonds. The number of carbonyl (C=O) groups is 1. The van der Waals surface area contributed by atoms with Crippen LogP contribution in [0.3, 0.4) is 0 Å². The first-order valence-electron chi connectivity index (χ1n) is 9.72. The molecule has 2 aromatic heterocycles. The number of thiazole rings is 1. The van der Waals surface area contributed by atoms with Crippen molar-refractivity contribution in [2.24, 2.45) is 0 Å². The number of rotatable bonds is 7. The summed E-state index contributed by atoms with van der Waals surface area (Å²) >= 11 is 1.44. The summed E-state index contributed by atoms with van der Waals surface area (Å²) in [5.41, 5.74) is 2.57. The Bertz CT molecular complexity index is 1320. The molecule has 4 rings (SSSR count). The molecule has 0 fully saturated rings. The summed E-state index contributed by atoms with van der Waals surface area (Å²) in [5.74, 6) is -0.370. The van der Waals surface area contributed by atoms with Crippen LogP contribution in [-0.2, 0) is 16.6 Å². The Morgan fingerprint density at radius 2 is 1.78 bits per heavy atom. The first kappa shape index (κ1) is 21.7. The lowest BCUT2D eigenvalue weighted by atomic mass is 10.2. The number of aromatic nitrogens is 2. The summed E-state index contributed by atoms with van der Waals surface area (Å²) in [4.78, 5) is 21.2. The Labute approximate surface area is 190 Å². The molecule has 2 heterocycles. The molecule has 9 heteroatoms. The van der Waals surface area contributed by atoms with Crippen molar-refractivity contribution in [1.82, 2.24) is 15.3 Å². The molecule has 0 radical (unpaired) electrons. The zero-order chi connectivity index (χ0) is 22.6. The molecule has 0 atom stereocenters. The molecule has 1 N–H and O–H groups in total. The highest BCUT2D eigenvalue weighted by Crippen LogP contribution is 2.23. The molecule has 0 unspecified atom stereocenters. The monoisotopic (exact) mass is 464 g/mol. The third kappa shape index (κ3) is 4.68. The van der Waals surface area contributed by atoms with Gasteiger partial charge in [0.15, 0.2) is 0 Å². The third-order valence-corrected chi connectivity index (χ3v) is 7.43. The highest BCUT2D eigenvalue weighted by Gasteiger charge is 2.22. The molecule has 0 saturated carbocycles. The Kier molecular flexibility index (Phi) is 6.29. The normalized spacial score (nSPS) is 11.2.